The molecule has 2 fully saturated rings. The van der Waals surface area contributed by atoms with Crippen LogP contribution in [0.3, 0.4) is 0 Å². The second kappa shape index (κ2) is 14.8. The van der Waals surface area contributed by atoms with Gasteiger partial charge in [0.25, 0.3) is 0 Å². The van der Waals surface area contributed by atoms with Gasteiger partial charge in [-0.15, -0.1) is 10.2 Å². The summed E-state index contributed by atoms with van der Waals surface area (Å²) >= 11 is 0. The average Bonchev–Trinajstić information content (AvgIpc) is 3.88. The van der Waals surface area contributed by atoms with Crippen molar-refractivity contribution in [3.63, 3.8) is 0 Å². The number of imidazole rings is 1. The lowest BCUT2D eigenvalue weighted by molar-refractivity contribution is -0.0994. The summed E-state index contributed by atoms with van der Waals surface area (Å²) in [5.41, 5.74) is 2.09. The fraction of sp³-hybridized carbons (Fsp3) is 0.441. The number of benzene rings is 2. The lowest BCUT2D eigenvalue weighted by atomic mass is 9.98. The van der Waals surface area contributed by atoms with Gasteiger partial charge in [-0.1, -0.05) is 55.5 Å². The van der Waals surface area contributed by atoms with E-state index in [0.29, 0.717) is 24.5 Å². The molecule has 4 aromatic rings. The molecule has 5 atom stereocenters. The number of aromatic nitrogens is 6. The summed E-state index contributed by atoms with van der Waals surface area (Å²) in [4.78, 5) is 42.1. The average molecular weight is 707 g/mol. The maximum absolute atomic E-state index is 13.8. The summed E-state index contributed by atoms with van der Waals surface area (Å²) < 4.78 is 33.7. The van der Waals surface area contributed by atoms with Crippen LogP contribution in [0.15, 0.2) is 48.5 Å². The van der Waals surface area contributed by atoms with E-state index in [9.17, 15) is 19.5 Å². The summed E-state index contributed by atoms with van der Waals surface area (Å²) in [5, 5.41) is 34.4. The molecule has 0 bridgehead atoms. The van der Waals surface area contributed by atoms with Gasteiger partial charge in [0.1, 0.15) is 29.3 Å². The number of carbonyl (C=O) groups excluding carboxylic acids is 2. The number of hydrogen-bond donors (Lipinski definition) is 3. The maximum Gasteiger partial charge on any atom is 0.511 e. The number of aromatic amines is 1. The minimum atomic E-state index is -1.52. The SMILES string of the molecule is CCCc1nc(C(C)(C)O)c(C(=O)OC(C)OC(=O)O[C@@H]2CO[C@H]3[C@@H]2OC[C@H]3OC(=O)O)n1Cc1ccc(-c2ccccc2-c2nn[nH]n2)cc1. The number of hydrogen-bond acceptors (Lipinski definition) is 14. The van der Waals surface area contributed by atoms with Crippen molar-refractivity contribution in [2.45, 2.75) is 83.4 Å². The number of aryl methyl sites for hydroxylation is 1. The van der Waals surface area contributed by atoms with E-state index in [1.807, 2.05) is 55.5 Å². The van der Waals surface area contributed by atoms with Crippen LogP contribution in [-0.2, 0) is 47.0 Å². The van der Waals surface area contributed by atoms with Gasteiger partial charge in [0.05, 0.1) is 13.2 Å². The van der Waals surface area contributed by atoms with Crippen molar-refractivity contribution in [1.82, 2.24) is 30.2 Å². The van der Waals surface area contributed by atoms with Crippen molar-refractivity contribution in [3.05, 3.63) is 71.3 Å². The summed E-state index contributed by atoms with van der Waals surface area (Å²) in [6, 6.07) is 15.5. The first-order valence-electron chi connectivity index (χ1n) is 16.4. The van der Waals surface area contributed by atoms with E-state index in [-0.39, 0.29) is 31.1 Å². The van der Waals surface area contributed by atoms with Crippen LogP contribution < -0.4 is 0 Å². The molecule has 17 heteroatoms. The standard InChI is InChI=1S/C34H38N6O11/c1-5-8-25-35-29(34(3,4)45)26(31(41)48-18(2)49-33(44)51-24-17-47-27-23(50-32(42)43)16-46-28(24)27)40(25)15-19-11-13-20(14-12-19)21-9-6-7-10-22(21)30-36-38-39-37-30/h6-7,9-14,18,23-24,27-28,45H,5,8,15-17H2,1-4H3,(H,42,43)(H,36,37,38,39)/t18?,23-,24-,27-,28-/m1/s1. The van der Waals surface area contributed by atoms with Crippen LogP contribution in [0.4, 0.5) is 9.59 Å². The Balaban J connectivity index is 1.17. The fourth-order valence-corrected chi connectivity index (χ4v) is 6.17. The van der Waals surface area contributed by atoms with E-state index in [2.05, 4.69) is 25.6 Å². The van der Waals surface area contributed by atoms with Crippen LogP contribution in [-0.4, -0.2) is 103 Å². The monoisotopic (exact) mass is 706 g/mol. The summed E-state index contributed by atoms with van der Waals surface area (Å²) in [7, 11) is 0. The second-order valence-electron chi connectivity index (χ2n) is 12.6. The van der Waals surface area contributed by atoms with E-state index in [1.165, 1.54) is 20.8 Å². The van der Waals surface area contributed by atoms with Gasteiger partial charge in [0, 0.05) is 25.5 Å². The highest BCUT2D eigenvalue weighted by Gasteiger charge is 2.51. The van der Waals surface area contributed by atoms with E-state index in [4.69, 9.17) is 33.5 Å². The van der Waals surface area contributed by atoms with E-state index in [1.54, 1.807) is 4.57 Å². The van der Waals surface area contributed by atoms with Gasteiger partial charge in [-0.2, -0.15) is 5.21 Å². The van der Waals surface area contributed by atoms with Gasteiger partial charge >= 0.3 is 18.3 Å². The zero-order valence-corrected chi connectivity index (χ0v) is 28.3. The highest BCUT2D eigenvalue weighted by Crippen LogP contribution is 2.33. The quantitative estimate of drug-likeness (QED) is 0.108. The van der Waals surface area contributed by atoms with Crippen LogP contribution >= 0.6 is 0 Å². The van der Waals surface area contributed by atoms with Crippen LogP contribution in [0.5, 0.6) is 0 Å². The molecule has 0 saturated carbocycles. The van der Waals surface area contributed by atoms with Crippen molar-refractivity contribution in [2.24, 2.45) is 0 Å². The zero-order valence-electron chi connectivity index (χ0n) is 28.3. The van der Waals surface area contributed by atoms with E-state index >= 15 is 0 Å². The number of aliphatic hydroxyl groups is 1. The van der Waals surface area contributed by atoms with Crippen LogP contribution in [0.25, 0.3) is 22.5 Å². The number of H-pyrrole nitrogens is 1. The van der Waals surface area contributed by atoms with Gasteiger partial charge in [-0.05, 0) is 42.2 Å². The minimum absolute atomic E-state index is 0.0113. The molecule has 3 N–H and O–H groups in total. The highest BCUT2D eigenvalue weighted by molar-refractivity contribution is 5.89. The Morgan fingerprint density at radius 1 is 1.00 bits per heavy atom. The first kappa shape index (κ1) is 35.4. The van der Waals surface area contributed by atoms with Crippen LogP contribution in [0.2, 0.25) is 0 Å². The number of esters is 1. The molecule has 17 nitrogen and oxygen atoms in total. The third kappa shape index (κ3) is 7.84. The number of carboxylic acid groups (broad SMARTS) is 1. The second-order valence-corrected chi connectivity index (χ2v) is 12.6. The Morgan fingerprint density at radius 2 is 1.67 bits per heavy atom. The van der Waals surface area contributed by atoms with Crippen molar-refractivity contribution < 1.29 is 53.0 Å². The molecular weight excluding hydrogens is 668 g/mol. The number of nitrogens with zero attached hydrogens (tertiary/aromatic N) is 5. The van der Waals surface area contributed by atoms with E-state index in [0.717, 1.165) is 22.3 Å². The first-order valence-corrected chi connectivity index (χ1v) is 16.4. The van der Waals surface area contributed by atoms with Crippen LogP contribution in [0.1, 0.15) is 61.7 Å². The zero-order chi connectivity index (χ0) is 36.3. The molecule has 0 spiro atoms. The van der Waals surface area contributed by atoms with Crippen LogP contribution in [0, 0.1) is 0 Å². The molecule has 0 amide bonds. The summed E-state index contributed by atoms with van der Waals surface area (Å²) in [6.07, 6.45) is -6.05. The van der Waals surface area contributed by atoms with Gasteiger partial charge in [0.15, 0.2) is 17.9 Å². The summed E-state index contributed by atoms with van der Waals surface area (Å²) in [6.45, 7) is 6.47. The normalized spacial score (nSPS) is 20.4. The van der Waals surface area contributed by atoms with Gasteiger partial charge in [0.2, 0.25) is 12.1 Å². The van der Waals surface area contributed by atoms with Gasteiger partial charge in [-0.3, -0.25) is 0 Å². The smallest absolute Gasteiger partial charge is 0.450 e. The molecule has 270 valence electrons. The highest BCUT2D eigenvalue weighted by atomic mass is 16.8. The molecule has 6 rings (SSSR count). The van der Waals surface area contributed by atoms with Crippen molar-refractivity contribution in [3.8, 4) is 22.5 Å². The van der Waals surface area contributed by atoms with Crippen molar-refractivity contribution in [1.29, 1.82) is 0 Å². The van der Waals surface area contributed by atoms with Gasteiger partial charge in [-0.25, -0.2) is 19.4 Å². The maximum atomic E-state index is 13.8. The molecule has 1 unspecified atom stereocenters. The third-order valence-corrected chi connectivity index (χ3v) is 8.41. The summed E-state index contributed by atoms with van der Waals surface area (Å²) in [5.74, 6) is 0.167. The number of carbonyl (C=O) groups is 3. The lowest BCUT2D eigenvalue weighted by Gasteiger charge is -2.21. The molecule has 2 aliphatic rings. The Hall–Kier alpha value is -5.39. The number of fused-ring (bicyclic) bond motifs is 1. The third-order valence-electron chi connectivity index (χ3n) is 8.41. The molecule has 2 aromatic heterocycles. The number of nitrogens with one attached hydrogen (secondary N) is 1. The molecule has 0 radical (unpaired) electrons. The predicted octanol–water partition coefficient (Wildman–Crippen LogP) is 3.84. The Kier molecular flexibility index (Phi) is 10.3. The molecule has 0 aliphatic carbocycles. The lowest BCUT2D eigenvalue weighted by Crippen LogP contribution is -2.36. The fourth-order valence-electron chi connectivity index (χ4n) is 6.17. The molecule has 2 saturated heterocycles. The predicted molar refractivity (Wildman–Crippen MR) is 174 cm³/mol. The molecule has 51 heavy (non-hydrogen) atoms. The number of rotatable bonds is 12. The van der Waals surface area contributed by atoms with E-state index < -0.39 is 54.6 Å². The Bertz CT molecular complexity index is 1850. The number of tetrazole rings is 1. The minimum Gasteiger partial charge on any atom is -0.450 e. The van der Waals surface area contributed by atoms with Crippen molar-refractivity contribution >= 4 is 18.3 Å². The largest absolute Gasteiger partial charge is 0.511 e. The van der Waals surface area contributed by atoms with Crippen molar-refractivity contribution in [2.75, 3.05) is 13.2 Å². The molecule has 2 aromatic carbocycles. The molecule has 4 heterocycles. The number of ether oxygens (including phenoxy) is 6. The Labute approximate surface area is 291 Å². The Morgan fingerprint density at radius 3 is 2.27 bits per heavy atom. The molecule has 2 aliphatic heterocycles. The first-order chi connectivity index (χ1) is 24.4. The topological polar surface area (TPSA) is 219 Å². The molecular formula is C34H38N6O11. The van der Waals surface area contributed by atoms with Gasteiger partial charge < -0.3 is 43.2 Å².